The molecule has 0 radical (unpaired) electrons. The van der Waals surface area contributed by atoms with Gasteiger partial charge in [-0.25, -0.2) is 9.13 Å². The van der Waals surface area contributed by atoms with Gasteiger partial charge in [0, 0.05) is 75.0 Å². The topological polar surface area (TPSA) is 14.2 Å². The highest BCUT2D eigenvalue weighted by Gasteiger charge is 2.05. The van der Waals surface area contributed by atoms with E-state index in [1.807, 2.05) is 0 Å². The normalized spacial score (nSPS) is 11.3. The van der Waals surface area contributed by atoms with Gasteiger partial charge in [-0.15, -0.1) is 0 Å². The molecule has 36 heavy (non-hydrogen) atoms. The van der Waals surface area contributed by atoms with Crippen LogP contribution >= 0.6 is 0 Å². The molecule has 0 aliphatic rings. The molecule has 0 aliphatic heterocycles. The second-order valence-electron chi connectivity index (χ2n) is 9.45. The number of hydrogen-bond donors (Lipinski definition) is 0. The summed E-state index contributed by atoms with van der Waals surface area (Å²) in [4.78, 5) is 4.22. The molecule has 2 aromatic carbocycles. The smallest absolute Gasteiger partial charge is 0.173 e. The first kappa shape index (κ1) is 24.9. The van der Waals surface area contributed by atoms with E-state index in [-0.39, 0.29) is 0 Å². The zero-order valence-electron chi connectivity index (χ0n) is 21.8. The van der Waals surface area contributed by atoms with Crippen molar-refractivity contribution in [3.8, 4) is 0 Å². The summed E-state index contributed by atoms with van der Waals surface area (Å²) in [5, 5.41) is 0. The Kier molecular flexibility index (Phi) is 8.30. The molecule has 2 heterocycles. The minimum atomic E-state index is 0.869. The highest BCUT2D eigenvalue weighted by atomic mass is 15.1. The van der Waals surface area contributed by atoms with Crippen LogP contribution in [0.2, 0.25) is 0 Å². The fraction of sp³-hybridized carbons (Fsp3) is 0.188. The van der Waals surface area contributed by atoms with Crippen molar-refractivity contribution in [3.05, 3.63) is 132 Å². The number of aromatic nitrogens is 2. The van der Waals surface area contributed by atoms with Gasteiger partial charge in [0.05, 0.1) is 0 Å². The van der Waals surface area contributed by atoms with E-state index < -0.39 is 0 Å². The van der Waals surface area contributed by atoms with Crippen molar-refractivity contribution in [2.75, 3.05) is 38.0 Å². The molecule has 0 amide bonds. The Balaban J connectivity index is 1.27. The molecule has 4 rings (SSSR count). The molecule has 0 bridgehead atoms. The van der Waals surface area contributed by atoms with Crippen LogP contribution in [0.5, 0.6) is 0 Å². The van der Waals surface area contributed by atoms with Crippen LogP contribution in [0.25, 0.3) is 12.2 Å². The van der Waals surface area contributed by atoms with Gasteiger partial charge in [0.15, 0.2) is 37.9 Å². The number of anilines is 2. The first-order valence-corrected chi connectivity index (χ1v) is 12.3. The van der Waals surface area contributed by atoms with Crippen molar-refractivity contribution < 1.29 is 9.13 Å². The van der Waals surface area contributed by atoms with Crippen molar-refractivity contribution in [2.24, 2.45) is 0 Å². The highest BCUT2D eigenvalue weighted by molar-refractivity contribution is 5.57. The van der Waals surface area contributed by atoms with Crippen molar-refractivity contribution in [1.29, 1.82) is 0 Å². The maximum atomic E-state index is 2.20. The van der Waals surface area contributed by atoms with Crippen LogP contribution < -0.4 is 18.9 Å². The summed E-state index contributed by atoms with van der Waals surface area (Å²) in [5.74, 6) is 0. The van der Waals surface area contributed by atoms with Crippen molar-refractivity contribution in [3.63, 3.8) is 0 Å². The Labute approximate surface area is 215 Å². The summed E-state index contributed by atoms with van der Waals surface area (Å²) in [5.41, 5.74) is 7.39. The predicted molar refractivity (Wildman–Crippen MR) is 151 cm³/mol. The van der Waals surface area contributed by atoms with Gasteiger partial charge >= 0.3 is 0 Å². The highest BCUT2D eigenvalue weighted by Crippen LogP contribution is 2.11. The third-order valence-corrected chi connectivity index (χ3v) is 6.16. The summed E-state index contributed by atoms with van der Waals surface area (Å²) >= 11 is 0. The largest absolute Gasteiger partial charge is 0.377 e. The summed E-state index contributed by atoms with van der Waals surface area (Å²) < 4.78 is 4.40. The van der Waals surface area contributed by atoms with E-state index >= 15 is 0 Å². The first-order chi connectivity index (χ1) is 17.5. The molecule has 4 aromatic rings. The summed E-state index contributed by atoms with van der Waals surface area (Å²) in [6.07, 6.45) is 17.0. The van der Waals surface area contributed by atoms with Crippen molar-refractivity contribution in [1.82, 2.24) is 0 Å². The molecule has 0 N–H and O–H groups in total. The summed E-state index contributed by atoms with van der Waals surface area (Å²) in [6.45, 7) is 1.74. The lowest BCUT2D eigenvalue weighted by molar-refractivity contribution is -0.688. The van der Waals surface area contributed by atoms with Gasteiger partial charge in [0.25, 0.3) is 0 Å². The molecule has 4 heteroatoms. The number of allylic oxidation sites excluding steroid dienone is 2. The van der Waals surface area contributed by atoms with Gasteiger partial charge < -0.3 is 9.80 Å². The summed E-state index contributed by atoms with van der Waals surface area (Å²) in [7, 11) is 8.24. The average molecular weight is 477 g/mol. The van der Waals surface area contributed by atoms with Gasteiger partial charge in [-0.05, 0) is 11.1 Å². The zero-order valence-corrected chi connectivity index (χ0v) is 21.8. The van der Waals surface area contributed by atoms with Crippen LogP contribution in [0.15, 0.2) is 110 Å². The van der Waals surface area contributed by atoms with Crippen LogP contribution in [-0.4, -0.2) is 28.2 Å². The van der Waals surface area contributed by atoms with E-state index in [0.29, 0.717) is 0 Å². The van der Waals surface area contributed by atoms with Crippen molar-refractivity contribution >= 4 is 23.5 Å². The number of nitrogens with zero attached hydrogens (tertiary/aromatic N) is 4. The fourth-order valence-electron chi connectivity index (χ4n) is 3.93. The molecule has 0 saturated carbocycles. The molecule has 182 valence electrons. The van der Waals surface area contributed by atoms with E-state index in [9.17, 15) is 0 Å². The monoisotopic (exact) mass is 476 g/mol. The number of rotatable bonds is 9. The molecule has 0 aliphatic carbocycles. The number of benzene rings is 2. The lowest BCUT2D eigenvalue weighted by Crippen LogP contribution is -2.33. The lowest BCUT2D eigenvalue weighted by atomic mass is 10.1. The Morgan fingerprint density at radius 1 is 0.500 bits per heavy atom. The molecule has 0 fully saturated rings. The molecule has 2 aromatic heterocycles. The Morgan fingerprint density at radius 3 is 1.14 bits per heavy atom. The van der Waals surface area contributed by atoms with Gasteiger partial charge in [-0.3, -0.25) is 0 Å². The first-order valence-electron chi connectivity index (χ1n) is 12.3. The molecule has 0 saturated heterocycles. The molecule has 0 unspecified atom stereocenters. The second-order valence-corrected chi connectivity index (χ2v) is 9.45. The van der Waals surface area contributed by atoms with Gasteiger partial charge in [0.2, 0.25) is 0 Å². The van der Waals surface area contributed by atoms with Gasteiger partial charge in [-0.1, -0.05) is 72.8 Å². The number of hydrogen-bond acceptors (Lipinski definition) is 2. The summed E-state index contributed by atoms with van der Waals surface area (Å²) in [6, 6.07) is 26.0. The van der Waals surface area contributed by atoms with Crippen LogP contribution in [0, 0.1) is 0 Å². The van der Waals surface area contributed by atoms with Crippen LogP contribution in [-0.2, 0) is 13.1 Å². The van der Waals surface area contributed by atoms with Crippen molar-refractivity contribution in [2.45, 2.75) is 13.1 Å². The maximum Gasteiger partial charge on any atom is 0.173 e. The minimum Gasteiger partial charge on any atom is -0.377 e. The third kappa shape index (κ3) is 7.16. The second kappa shape index (κ2) is 12.0. The molecule has 0 spiro atoms. The van der Waals surface area contributed by atoms with E-state index in [0.717, 1.165) is 13.1 Å². The third-order valence-electron chi connectivity index (χ3n) is 6.16. The number of pyridine rings is 2. The van der Waals surface area contributed by atoms with E-state index in [4.69, 9.17) is 0 Å². The van der Waals surface area contributed by atoms with Gasteiger partial charge in [-0.2, -0.15) is 0 Å². The van der Waals surface area contributed by atoms with E-state index in [2.05, 4.69) is 169 Å². The molecule has 4 nitrogen and oxygen atoms in total. The molecular formula is C32H36N4+2. The van der Waals surface area contributed by atoms with Crippen LogP contribution in [0.1, 0.15) is 22.3 Å². The predicted octanol–water partition coefficient (Wildman–Crippen LogP) is 5.22. The minimum absolute atomic E-state index is 0.869. The Bertz CT molecular complexity index is 1180. The van der Waals surface area contributed by atoms with Crippen LogP contribution in [0.3, 0.4) is 0 Å². The molecular weight excluding hydrogens is 440 g/mol. The van der Waals surface area contributed by atoms with Crippen LogP contribution in [0.4, 0.5) is 11.4 Å². The quantitative estimate of drug-likeness (QED) is 0.243. The standard InChI is InChI=1S/C32H36N4/c1-33(2)31-17-21-35(22-18-31)25-29-13-9-27(10-14-29)7-5-6-8-28-11-15-30(16-12-28)26-36-23-19-32(20-24-36)34(3)4/h5-24H,25-26H2,1-4H3/q+2/b7-5-,8-6-. The van der Waals surface area contributed by atoms with E-state index in [1.165, 1.54) is 33.6 Å². The van der Waals surface area contributed by atoms with Gasteiger partial charge in [0.1, 0.15) is 0 Å². The SMILES string of the molecule is CN(C)c1cc[n+](Cc2ccc(/C=C\C=C/c3ccc(C[n+]4ccc(N(C)C)cc4)cc3)cc2)cc1. The lowest BCUT2D eigenvalue weighted by Gasteiger charge is -2.10. The molecule has 0 atom stereocenters. The average Bonchev–Trinajstić information content (AvgIpc) is 2.89. The fourth-order valence-corrected chi connectivity index (χ4v) is 3.93. The zero-order chi connectivity index (χ0) is 25.3. The Morgan fingerprint density at radius 2 is 0.833 bits per heavy atom. The van der Waals surface area contributed by atoms with E-state index in [1.54, 1.807) is 0 Å². The Hall–Kier alpha value is -4.18. The maximum absolute atomic E-state index is 2.20.